The van der Waals surface area contributed by atoms with E-state index in [4.69, 9.17) is 4.74 Å². The molecule has 0 radical (unpaired) electrons. The smallest absolute Gasteiger partial charge is 0.251 e. The molecule has 174 valence electrons. The molecule has 1 N–H and O–H groups in total. The van der Waals surface area contributed by atoms with E-state index in [-0.39, 0.29) is 30.5 Å². The number of carbonyl (C=O) groups excluding carboxylic acids is 1. The number of carbonyl (C=O) groups is 1. The molecule has 0 bridgehead atoms. The van der Waals surface area contributed by atoms with Crippen LogP contribution in [0.25, 0.3) is 11.0 Å². The summed E-state index contributed by atoms with van der Waals surface area (Å²) >= 11 is 0.979. The summed E-state index contributed by atoms with van der Waals surface area (Å²) in [6.45, 7) is 2.89. The highest BCUT2D eigenvalue weighted by Crippen LogP contribution is 2.30. The van der Waals surface area contributed by atoms with E-state index in [0.717, 1.165) is 22.9 Å². The lowest BCUT2D eigenvalue weighted by atomic mass is 10.1. The van der Waals surface area contributed by atoms with Crippen molar-refractivity contribution >= 4 is 38.7 Å². The third-order valence-electron chi connectivity index (χ3n) is 5.71. The fraction of sp³-hybridized carbons (Fsp3) is 0.208. The van der Waals surface area contributed by atoms with E-state index in [9.17, 15) is 13.2 Å². The third kappa shape index (κ3) is 4.39. The molecule has 0 atom stereocenters. The lowest BCUT2D eigenvalue weighted by Crippen LogP contribution is -2.32. The number of nitrogens with zero attached hydrogens (tertiary/aromatic N) is 3. The molecule has 0 spiro atoms. The van der Waals surface area contributed by atoms with Gasteiger partial charge in [-0.05, 0) is 42.8 Å². The first kappa shape index (κ1) is 22.5. The average molecular weight is 495 g/mol. The molecule has 0 saturated heterocycles. The average Bonchev–Trinajstić information content (AvgIpc) is 3.21. The van der Waals surface area contributed by atoms with Crippen molar-refractivity contribution in [2.75, 3.05) is 13.2 Å². The van der Waals surface area contributed by atoms with Crippen LogP contribution in [0.5, 0.6) is 5.75 Å². The minimum atomic E-state index is -3.85. The van der Waals surface area contributed by atoms with Crippen LogP contribution in [-0.2, 0) is 23.1 Å². The van der Waals surface area contributed by atoms with Crippen molar-refractivity contribution < 1.29 is 17.9 Å². The van der Waals surface area contributed by atoms with Crippen molar-refractivity contribution in [2.45, 2.75) is 24.9 Å². The number of amides is 1. The summed E-state index contributed by atoms with van der Waals surface area (Å²) in [6, 6.07) is 18.0. The van der Waals surface area contributed by atoms with Crippen LogP contribution in [-0.4, -0.2) is 40.5 Å². The molecule has 1 aliphatic rings. The van der Waals surface area contributed by atoms with Crippen LogP contribution in [0.3, 0.4) is 0 Å². The van der Waals surface area contributed by atoms with E-state index in [1.165, 1.54) is 4.31 Å². The topological polar surface area (TPSA) is 101 Å². The largest absolute Gasteiger partial charge is 0.492 e. The van der Waals surface area contributed by atoms with E-state index in [2.05, 4.69) is 14.1 Å². The second kappa shape index (κ2) is 9.13. The number of aromatic nitrogens is 2. The first-order valence-electron chi connectivity index (χ1n) is 10.7. The van der Waals surface area contributed by atoms with Gasteiger partial charge in [-0.2, -0.15) is 13.1 Å². The lowest BCUT2D eigenvalue weighted by Gasteiger charge is -2.19. The molecule has 1 aromatic heterocycles. The second-order valence-corrected chi connectivity index (χ2v) is 10.5. The van der Waals surface area contributed by atoms with Crippen molar-refractivity contribution in [1.29, 1.82) is 0 Å². The van der Waals surface area contributed by atoms with E-state index in [1.807, 2.05) is 31.2 Å². The van der Waals surface area contributed by atoms with Crippen molar-refractivity contribution in [3.63, 3.8) is 0 Å². The van der Waals surface area contributed by atoms with Gasteiger partial charge in [-0.25, -0.2) is 8.42 Å². The molecule has 0 fully saturated rings. The molecule has 0 aliphatic carbocycles. The van der Waals surface area contributed by atoms with Gasteiger partial charge in [0.15, 0.2) is 0 Å². The quantitative estimate of drug-likeness (QED) is 0.456. The normalized spacial score (nSPS) is 14.3. The molecule has 34 heavy (non-hydrogen) atoms. The Kier molecular flexibility index (Phi) is 6.03. The summed E-state index contributed by atoms with van der Waals surface area (Å²) in [6.07, 6.45) is 0. The van der Waals surface area contributed by atoms with Gasteiger partial charge in [0.2, 0.25) is 10.0 Å². The van der Waals surface area contributed by atoms with Crippen molar-refractivity contribution in [3.8, 4) is 5.75 Å². The van der Waals surface area contributed by atoms with E-state index < -0.39 is 10.0 Å². The molecule has 10 heteroatoms. The Bertz CT molecular complexity index is 1470. The Morgan fingerprint density at radius 2 is 1.94 bits per heavy atom. The highest BCUT2D eigenvalue weighted by molar-refractivity contribution is 7.89. The number of rotatable bonds is 5. The molecule has 3 aromatic carbocycles. The number of benzene rings is 3. The molecule has 5 rings (SSSR count). The van der Waals surface area contributed by atoms with Crippen molar-refractivity contribution in [3.05, 3.63) is 82.9 Å². The first-order chi connectivity index (χ1) is 16.4. The molecule has 8 nitrogen and oxygen atoms in total. The zero-order valence-corrected chi connectivity index (χ0v) is 20.0. The second-order valence-electron chi connectivity index (χ2n) is 8.07. The zero-order chi connectivity index (χ0) is 23.7. The SMILES string of the molecule is Cc1ccc(CNC(=O)c2ccc3c(c2)CN(S(=O)(=O)c2cccc4nsnc24)CCO3)cc1. The van der Waals surface area contributed by atoms with Gasteiger partial charge in [-0.3, -0.25) is 4.79 Å². The molecule has 4 aromatic rings. The fourth-order valence-corrected chi connectivity index (χ4v) is 5.99. The summed E-state index contributed by atoms with van der Waals surface area (Å²) in [5, 5.41) is 2.92. The third-order valence-corrected chi connectivity index (χ3v) is 8.13. The Morgan fingerprint density at radius 3 is 2.76 bits per heavy atom. The maximum atomic E-state index is 13.5. The first-order valence-corrected chi connectivity index (χ1v) is 12.9. The zero-order valence-electron chi connectivity index (χ0n) is 18.4. The van der Waals surface area contributed by atoms with Gasteiger partial charge in [-0.15, -0.1) is 0 Å². The molecule has 1 aliphatic heterocycles. The van der Waals surface area contributed by atoms with Crippen molar-refractivity contribution in [1.82, 2.24) is 18.4 Å². The monoisotopic (exact) mass is 494 g/mol. The van der Waals surface area contributed by atoms with Gasteiger partial charge >= 0.3 is 0 Å². The Hall–Kier alpha value is -3.34. The van der Waals surface area contributed by atoms with E-state index >= 15 is 0 Å². The van der Waals surface area contributed by atoms with Crippen LogP contribution in [0.1, 0.15) is 27.0 Å². The number of hydrogen-bond acceptors (Lipinski definition) is 7. The number of aryl methyl sites for hydroxylation is 1. The van der Waals surface area contributed by atoms with Crippen molar-refractivity contribution in [2.24, 2.45) is 0 Å². The van der Waals surface area contributed by atoms with Crippen LogP contribution >= 0.6 is 11.7 Å². The molecule has 0 saturated carbocycles. The Morgan fingerprint density at radius 1 is 1.12 bits per heavy atom. The number of hydrogen-bond donors (Lipinski definition) is 1. The van der Waals surface area contributed by atoms with Crippen LogP contribution < -0.4 is 10.1 Å². The van der Waals surface area contributed by atoms with Gasteiger partial charge in [0, 0.05) is 30.8 Å². The van der Waals surface area contributed by atoms with Gasteiger partial charge in [-0.1, -0.05) is 35.9 Å². The van der Waals surface area contributed by atoms with Crippen LogP contribution in [0, 0.1) is 6.92 Å². The highest BCUT2D eigenvalue weighted by Gasteiger charge is 2.30. The summed E-state index contributed by atoms with van der Waals surface area (Å²) in [7, 11) is -3.85. The standard InChI is InChI=1S/C24H22N4O4S2/c1-16-5-7-17(8-6-16)14-25-24(29)18-9-10-21-19(13-18)15-28(11-12-32-21)34(30,31)22-4-2-3-20-23(22)27-33-26-20/h2-10,13H,11-12,14-15H2,1H3,(H,25,29). The lowest BCUT2D eigenvalue weighted by molar-refractivity contribution is 0.0950. The Labute approximate surface area is 201 Å². The number of nitrogens with one attached hydrogen (secondary N) is 1. The van der Waals surface area contributed by atoms with Gasteiger partial charge in [0.05, 0.1) is 11.7 Å². The minimum Gasteiger partial charge on any atom is -0.492 e. The Balaban J connectivity index is 1.38. The van der Waals surface area contributed by atoms with Crippen LogP contribution in [0.4, 0.5) is 0 Å². The molecule has 2 heterocycles. The maximum Gasteiger partial charge on any atom is 0.251 e. The van der Waals surface area contributed by atoms with E-state index in [1.54, 1.807) is 36.4 Å². The molecular weight excluding hydrogens is 472 g/mol. The van der Waals surface area contributed by atoms with Gasteiger partial charge in [0.25, 0.3) is 5.91 Å². The molecular formula is C24H22N4O4S2. The summed E-state index contributed by atoms with van der Waals surface area (Å²) in [4.78, 5) is 12.9. The summed E-state index contributed by atoms with van der Waals surface area (Å²) in [5.74, 6) is 0.335. The number of fused-ring (bicyclic) bond motifs is 2. The van der Waals surface area contributed by atoms with Crippen LogP contribution in [0.2, 0.25) is 0 Å². The molecule has 1 amide bonds. The minimum absolute atomic E-state index is 0.0880. The predicted molar refractivity (Wildman–Crippen MR) is 129 cm³/mol. The highest BCUT2D eigenvalue weighted by atomic mass is 32.2. The number of sulfonamides is 1. The summed E-state index contributed by atoms with van der Waals surface area (Å²) < 4.78 is 42.5. The maximum absolute atomic E-state index is 13.5. The molecule has 0 unspecified atom stereocenters. The van der Waals surface area contributed by atoms with E-state index in [0.29, 0.717) is 34.5 Å². The predicted octanol–water partition coefficient (Wildman–Crippen LogP) is 3.51. The van der Waals surface area contributed by atoms with Crippen LogP contribution in [0.15, 0.2) is 65.6 Å². The summed E-state index contributed by atoms with van der Waals surface area (Å²) in [5.41, 5.74) is 4.14. The van der Waals surface area contributed by atoms with Gasteiger partial charge in [0.1, 0.15) is 28.3 Å². The fourth-order valence-electron chi connectivity index (χ4n) is 3.84. The number of ether oxygens (including phenoxy) is 1. The van der Waals surface area contributed by atoms with Gasteiger partial charge < -0.3 is 10.1 Å².